The summed E-state index contributed by atoms with van der Waals surface area (Å²) in [6.07, 6.45) is 4.59. The Kier molecular flexibility index (Phi) is 4.71. The third kappa shape index (κ3) is 3.10. The van der Waals surface area contributed by atoms with Gasteiger partial charge in [0.25, 0.3) is 0 Å². The Balaban J connectivity index is 1.55. The van der Waals surface area contributed by atoms with Crippen molar-refractivity contribution in [1.82, 2.24) is 4.98 Å². The molecule has 3 heteroatoms. The van der Waals surface area contributed by atoms with Crippen molar-refractivity contribution < 1.29 is 0 Å². The number of aromatic amines is 1. The summed E-state index contributed by atoms with van der Waals surface area (Å²) in [7, 11) is 0. The van der Waals surface area contributed by atoms with Crippen molar-refractivity contribution in [2.45, 2.75) is 39.5 Å². The van der Waals surface area contributed by atoms with Crippen LogP contribution in [0.25, 0.3) is 27.8 Å². The number of pyridine rings is 1. The molecule has 1 nitrogen and oxygen atoms in total. The van der Waals surface area contributed by atoms with Gasteiger partial charge in [-0.3, -0.25) is 0 Å². The molecule has 4 aromatic rings. The van der Waals surface area contributed by atoms with Crippen LogP contribution in [0.5, 0.6) is 0 Å². The molecule has 1 N–H and O–H groups in total. The summed E-state index contributed by atoms with van der Waals surface area (Å²) in [6.45, 7) is 6.78. The number of aromatic nitrogens is 1. The first kappa shape index (κ1) is 19.1. The van der Waals surface area contributed by atoms with Crippen LogP contribution >= 0.6 is 31.9 Å². The van der Waals surface area contributed by atoms with Crippen molar-refractivity contribution in [3.63, 3.8) is 0 Å². The summed E-state index contributed by atoms with van der Waals surface area (Å²) in [5.74, 6) is 0.508. The third-order valence-electron chi connectivity index (χ3n) is 6.56. The van der Waals surface area contributed by atoms with Gasteiger partial charge in [0.1, 0.15) is 0 Å². The minimum atomic E-state index is 0.508. The zero-order valence-corrected chi connectivity index (χ0v) is 20.0. The first-order valence-corrected chi connectivity index (χ1v) is 11.7. The van der Waals surface area contributed by atoms with Crippen molar-refractivity contribution in [2.75, 3.05) is 0 Å². The Hall–Kier alpha value is -1.84. The number of halogens is 2. The highest BCUT2D eigenvalue weighted by molar-refractivity contribution is 9.10. The van der Waals surface area contributed by atoms with Crippen LogP contribution in [0.15, 0.2) is 57.1 Å². The summed E-state index contributed by atoms with van der Waals surface area (Å²) in [4.78, 5) is 3.48. The minimum Gasteiger partial charge on any atom is -0.349 e. The van der Waals surface area contributed by atoms with Crippen molar-refractivity contribution >= 4 is 59.6 Å². The molecule has 1 unspecified atom stereocenters. The normalized spacial score (nSPS) is 15.9. The number of hydrogen-bond donors (Lipinski definition) is 1. The second-order valence-corrected chi connectivity index (χ2v) is 9.97. The van der Waals surface area contributed by atoms with E-state index in [0.29, 0.717) is 5.92 Å². The van der Waals surface area contributed by atoms with E-state index in [4.69, 9.17) is 0 Å². The van der Waals surface area contributed by atoms with Gasteiger partial charge in [-0.05, 0) is 112 Å². The van der Waals surface area contributed by atoms with Gasteiger partial charge in [-0.2, -0.15) is 0 Å². The zero-order chi connectivity index (χ0) is 20.3. The molecule has 0 saturated heterocycles. The predicted molar refractivity (Wildman–Crippen MR) is 132 cm³/mol. The van der Waals surface area contributed by atoms with E-state index in [9.17, 15) is 0 Å². The summed E-state index contributed by atoms with van der Waals surface area (Å²) in [6, 6.07) is 15.6. The second kappa shape index (κ2) is 7.14. The maximum atomic E-state index is 3.72. The van der Waals surface area contributed by atoms with Gasteiger partial charge in [0.05, 0.1) is 4.60 Å². The topological polar surface area (TPSA) is 15.8 Å². The Morgan fingerprint density at radius 1 is 0.931 bits per heavy atom. The number of rotatable bonds is 3. The molecule has 0 bridgehead atoms. The zero-order valence-electron chi connectivity index (χ0n) is 16.9. The number of benzene rings is 2. The van der Waals surface area contributed by atoms with Gasteiger partial charge in [-0.25, -0.2) is 0 Å². The average Bonchev–Trinajstić information content (AvgIpc) is 3.17. The van der Waals surface area contributed by atoms with Gasteiger partial charge in [0, 0.05) is 21.3 Å². The number of aryl methyl sites for hydroxylation is 3. The van der Waals surface area contributed by atoms with Crippen molar-refractivity contribution in [2.24, 2.45) is 0 Å². The first-order valence-electron chi connectivity index (χ1n) is 10.1. The Labute approximate surface area is 188 Å². The second-order valence-electron chi connectivity index (χ2n) is 8.26. The molecule has 0 spiro atoms. The quantitative estimate of drug-likeness (QED) is 0.266. The van der Waals surface area contributed by atoms with Crippen LogP contribution in [0.2, 0.25) is 0 Å². The van der Waals surface area contributed by atoms with E-state index in [1.54, 1.807) is 0 Å². The molecule has 1 aromatic heterocycles. The van der Waals surface area contributed by atoms with Crippen LogP contribution in [-0.2, 0) is 6.42 Å². The number of hydrogen-bond acceptors (Lipinski definition) is 0. The molecule has 0 saturated carbocycles. The molecule has 29 heavy (non-hydrogen) atoms. The monoisotopic (exact) mass is 507 g/mol. The summed E-state index contributed by atoms with van der Waals surface area (Å²) >= 11 is 7.30. The first-order chi connectivity index (χ1) is 13.9. The largest absolute Gasteiger partial charge is 0.349 e. The standard InChI is InChI=1S/C26H23Br2N/c1-14-11-21-16(3)19-9-10-26(28)29-25(19)13-22(21)18(14)8-7-17-15(2)12-23-20(17)5-4-6-24(23)27/h4-6,9-13,17,29H,7-8H2,1-3H3. The van der Waals surface area contributed by atoms with Gasteiger partial charge in [0.2, 0.25) is 0 Å². The van der Waals surface area contributed by atoms with E-state index in [2.05, 4.69) is 106 Å². The summed E-state index contributed by atoms with van der Waals surface area (Å²) in [5.41, 5.74) is 9.76. The van der Waals surface area contributed by atoms with Gasteiger partial charge >= 0.3 is 0 Å². The van der Waals surface area contributed by atoms with Gasteiger partial charge in [-0.15, -0.1) is 0 Å². The minimum absolute atomic E-state index is 0.508. The van der Waals surface area contributed by atoms with Gasteiger partial charge < -0.3 is 4.98 Å². The van der Waals surface area contributed by atoms with Crippen molar-refractivity contribution in [1.29, 1.82) is 0 Å². The highest BCUT2D eigenvalue weighted by atomic mass is 79.9. The highest BCUT2D eigenvalue weighted by Gasteiger charge is 2.24. The van der Waals surface area contributed by atoms with Crippen molar-refractivity contribution in [3.8, 4) is 0 Å². The lowest BCUT2D eigenvalue weighted by Gasteiger charge is -2.15. The highest BCUT2D eigenvalue weighted by Crippen LogP contribution is 2.43. The van der Waals surface area contributed by atoms with E-state index in [-0.39, 0.29) is 0 Å². The van der Waals surface area contributed by atoms with Crippen LogP contribution < -0.4 is 0 Å². The molecule has 3 aromatic carbocycles. The van der Waals surface area contributed by atoms with Crippen LogP contribution in [0.4, 0.5) is 0 Å². The molecular formula is C26H23Br2N. The average molecular weight is 509 g/mol. The SMILES string of the molecule is CC1=Cc2c(Br)cccc2C1CCc1c(C)cc2c(C)c3ccc(Br)[nH]c3cc12. The van der Waals surface area contributed by atoms with E-state index in [1.165, 1.54) is 59.5 Å². The van der Waals surface area contributed by atoms with Crippen molar-refractivity contribution in [3.05, 3.63) is 84.9 Å². The fraction of sp³-hybridized carbons (Fsp3) is 0.231. The number of H-pyrrole nitrogens is 1. The van der Waals surface area contributed by atoms with Crippen LogP contribution in [0.3, 0.4) is 0 Å². The van der Waals surface area contributed by atoms with E-state index in [0.717, 1.165) is 17.4 Å². The lowest BCUT2D eigenvalue weighted by molar-refractivity contribution is 0.715. The lowest BCUT2D eigenvalue weighted by Crippen LogP contribution is -2.00. The van der Waals surface area contributed by atoms with Gasteiger partial charge in [0.15, 0.2) is 0 Å². The molecule has 1 atom stereocenters. The molecule has 0 radical (unpaired) electrons. The summed E-state index contributed by atoms with van der Waals surface area (Å²) < 4.78 is 2.22. The molecule has 1 heterocycles. The van der Waals surface area contributed by atoms with E-state index in [1.807, 2.05) is 0 Å². The van der Waals surface area contributed by atoms with Gasteiger partial charge in [-0.1, -0.05) is 45.8 Å². The fourth-order valence-electron chi connectivity index (χ4n) is 5.03. The molecule has 5 rings (SSSR count). The Morgan fingerprint density at radius 3 is 2.59 bits per heavy atom. The fourth-order valence-corrected chi connectivity index (χ4v) is 5.87. The number of fused-ring (bicyclic) bond motifs is 3. The number of allylic oxidation sites excluding steroid dienone is 1. The molecule has 0 amide bonds. The van der Waals surface area contributed by atoms with Crippen LogP contribution in [0.1, 0.15) is 47.1 Å². The van der Waals surface area contributed by atoms with E-state index < -0.39 is 0 Å². The Morgan fingerprint density at radius 2 is 1.76 bits per heavy atom. The van der Waals surface area contributed by atoms with Crippen LogP contribution in [-0.4, -0.2) is 4.98 Å². The lowest BCUT2D eigenvalue weighted by atomic mass is 9.89. The molecular weight excluding hydrogens is 486 g/mol. The smallest absolute Gasteiger partial charge is 0.0824 e. The summed E-state index contributed by atoms with van der Waals surface area (Å²) in [5, 5.41) is 4.09. The van der Waals surface area contributed by atoms with E-state index >= 15 is 0 Å². The third-order valence-corrected chi connectivity index (χ3v) is 7.71. The molecule has 1 aliphatic carbocycles. The predicted octanol–water partition coefficient (Wildman–Crippen LogP) is 8.60. The number of nitrogens with one attached hydrogen (secondary N) is 1. The molecule has 0 aliphatic heterocycles. The molecule has 146 valence electrons. The maximum absolute atomic E-state index is 3.72. The Bertz CT molecular complexity index is 1310. The molecule has 0 fully saturated rings. The molecule has 1 aliphatic rings. The maximum Gasteiger partial charge on any atom is 0.0824 e. The van der Waals surface area contributed by atoms with Crippen LogP contribution in [0, 0.1) is 13.8 Å².